The van der Waals surface area contributed by atoms with Crippen LogP contribution in [0.4, 0.5) is 0 Å². The number of carbonyl (C=O) groups excluding carboxylic acids is 2. The van der Waals surface area contributed by atoms with E-state index in [4.69, 9.17) is 9.47 Å². The van der Waals surface area contributed by atoms with Crippen molar-refractivity contribution in [2.45, 2.75) is 76.9 Å². The van der Waals surface area contributed by atoms with Gasteiger partial charge in [0.1, 0.15) is 5.60 Å². The smallest absolute Gasteiger partial charge is 0.313 e. The van der Waals surface area contributed by atoms with Gasteiger partial charge in [0.15, 0.2) is 0 Å². The van der Waals surface area contributed by atoms with E-state index in [9.17, 15) is 14.7 Å². The van der Waals surface area contributed by atoms with Gasteiger partial charge in [0, 0.05) is 23.2 Å². The van der Waals surface area contributed by atoms with Crippen LogP contribution in [0.15, 0.2) is 23.3 Å². The SMILES string of the molecule is COC(=O)[C@@H]1C=C2C[C@@H](O)CC[C@]2(C)C2=CC[C@@]3(C)[C@@H](CCC34CCC(=O)O4)[C@@H]21. The largest absolute Gasteiger partial charge is 0.469 e. The highest BCUT2D eigenvalue weighted by molar-refractivity contribution is 5.77. The number of ether oxygens (including phenoxy) is 2. The first kappa shape index (κ1) is 19.3. The van der Waals surface area contributed by atoms with E-state index in [1.54, 1.807) is 0 Å². The molecule has 5 rings (SSSR count). The Morgan fingerprint density at radius 2 is 2.03 bits per heavy atom. The molecule has 1 saturated heterocycles. The van der Waals surface area contributed by atoms with Crippen molar-refractivity contribution >= 4 is 11.9 Å². The molecule has 3 fully saturated rings. The van der Waals surface area contributed by atoms with Crippen LogP contribution in [0.5, 0.6) is 0 Å². The number of rotatable bonds is 1. The lowest BCUT2D eigenvalue weighted by Gasteiger charge is -2.56. The first-order valence-electron chi connectivity index (χ1n) is 11.1. The summed E-state index contributed by atoms with van der Waals surface area (Å²) in [5.74, 6) is -0.214. The summed E-state index contributed by atoms with van der Waals surface area (Å²) < 4.78 is 11.2. The summed E-state index contributed by atoms with van der Waals surface area (Å²) in [5, 5.41) is 10.3. The van der Waals surface area contributed by atoms with Crippen molar-refractivity contribution < 1.29 is 24.2 Å². The van der Waals surface area contributed by atoms with Crippen LogP contribution >= 0.6 is 0 Å². The molecule has 0 aromatic rings. The second-order valence-corrected chi connectivity index (χ2v) is 10.4. The summed E-state index contributed by atoms with van der Waals surface area (Å²) in [6.07, 6.45) is 10.5. The Balaban J connectivity index is 1.62. The highest BCUT2D eigenvalue weighted by atomic mass is 16.6. The Bertz CT molecular complexity index is 827. The van der Waals surface area contributed by atoms with E-state index in [2.05, 4.69) is 26.0 Å². The third-order valence-corrected chi connectivity index (χ3v) is 9.32. The standard InChI is InChI=1S/C24H32O5/c1-22-8-4-15(25)12-14(22)13-16(21(27)28-3)20-17(22)5-9-23(2)18(20)6-10-24(23)11-7-19(26)29-24/h5,13,15-16,18,20,25H,4,6-12H2,1-3H3/t15-,16+,18-,20+,22-,23-,24?/m0/s1. The number of aliphatic hydroxyl groups is 1. The number of aliphatic hydroxyl groups excluding tert-OH is 1. The molecule has 0 radical (unpaired) electrons. The maximum absolute atomic E-state index is 12.9. The van der Waals surface area contributed by atoms with Crippen molar-refractivity contribution in [3.8, 4) is 0 Å². The number of allylic oxidation sites excluding steroid dienone is 2. The number of hydrogen-bond donors (Lipinski definition) is 1. The maximum Gasteiger partial charge on any atom is 0.313 e. The molecule has 5 aliphatic rings. The van der Waals surface area contributed by atoms with Gasteiger partial charge in [-0.05, 0) is 50.9 Å². The van der Waals surface area contributed by atoms with Gasteiger partial charge >= 0.3 is 11.9 Å². The summed E-state index contributed by atoms with van der Waals surface area (Å²) in [4.78, 5) is 24.9. The fraction of sp³-hybridized carbons (Fsp3) is 0.750. The zero-order chi connectivity index (χ0) is 20.6. The molecule has 4 aliphatic carbocycles. The van der Waals surface area contributed by atoms with Gasteiger partial charge in [-0.15, -0.1) is 0 Å². The molecule has 1 spiro atoms. The van der Waals surface area contributed by atoms with Gasteiger partial charge in [0.05, 0.1) is 19.1 Å². The van der Waals surface area contributed by atoms with Crippen LogP contribution in [0.3, 0.4) is 0 Å². The third kappa shape index (κ3) is 2.43. The number of methoxy groups -OCH3 is 1. The van der Waals surface area contributed by atoms with Crippen molar-refractivity contribution in [1.29, 1.82) is 0 Å². The van der Waals surface area contributed by atoms with E-state index >= 15 is 0 Å². The predicted octanol–water partition coefficient (Wildman–Crippen LogP) is 3.71. The van der Waals surface area contributed by atoms with Crippen molar-refractivity contribution in [3.63, 3.8) is 0 Å². The van der Waals surface area contributed by atoms with E-state index in [-0.39, 0.29) is 46.3 Å². The van der Waals surface area contributed by atoms with Crippen LogP contribution in [0, 0.1) is 28.6 Å². The van der Waals surface area contributed by atoms with Crippen LogP contribution < -0.4 is 0 Å². The van der Waals surface area contributed by atoms with Crippen LogP contribution in [0.2, 0.25) is 0 Å². The molecule has 1 unspecified atom stereocenters. The quantitative estimate of drug-likeness (QED) is 0.537. The monoisotopic (exact) mass is 400 g/mol. The molecular formula is C24H32O5. The summed E-state index contributed by atoms with van der Waals surface area (Å²) in [7, 11) is 1.46. The Hall–Kier alpha value is -1.62. The molecular weight excluding hydrogens is 368 g/mol. The minimum absolute atomic E-state index is 0.0785. The highest BCUT2D eigenvalue weighted by Crippen LogP contribution is 2.68. The lowest BCUT2D eigenvalue weighted by molar-refractivity contribution is -0.162. The number of fused-ring (bicyclic) bond motifs is 6. The molecule has 1 N–H and O–H groups in total. The van der Waals surface area contributed by atoms with Crippen LogP contribution in [-0.4, -0.2) is 35.9 Å². The van der Waals surface area contributed by atoms with Crippen LogP contribution in [0.25, 0.3) is 0 Å². The molecule has 5 heteroatoms. The first-order valence-corrected chi connectivity index (χ1v) is 11.1. The molecule has 1 aliphatic heterocycles. The zero-order valence-corrected chi connectivity index (χ0v) is 17.7. The third-order valence-electron chi connectivity index (χ3n) is 9.32. The van der Waals surface area contributed by atoms with Crippen LogP contribution in [0.1, 0.15) is 65.2 Å². The van der Waals surface area contributed by atoms with E-state index in [1.165, 1.54) is 18.3 Å². The first-order chi connectivity index (χ1) is 13.7. The molecule has 2 saturated carbocycles. The molecule has 0 aromatic heterocycles. The van der Waals surface area contributed by atoms with Gasteiger partial charge in [-0.25, -0.2) is 0 Å². The Morgan fingerprint density at radius 1 is 1.24 bits per heavy atom. The van der Waals surface area contributed by atoms with E-state index in [0.29, 0.717) is 18.8 Å². The van der Waals surface area contributed by atoms with Gasteiger partial charge in [-0.2, -0.15) is 0 Å². The van der Waals surface area contributed by atoms with Crippen LogP contribution in [-0.2, 0) is 19.1 Å². The average Bonchev–Trinajstić information content (AvgIpc) is 3.22. The molecule has 5 nitrogen and oxygen atoms in total. The van der Waals surface area contributed by atoms with Crippen molar-refractivity contribution in [3.05, 3.63) is 23.3 Å². The van der Waals surface area contributed by atoms with Crippen molar-refractivity contribution in [1.82, 2.24) is 0 Å². The molecule has 0 aromatic carbocycles. The number of carbonyl (C=O) groups is 2. The lowest BCUT2D eigenvalue weighted by atomic mass is 9.49. The normalized spacial score (nSPS) is 48.2. The summed E-state index contributed by atoms with van der Waals surface area (Å²) in [5.41, 5.74) is 1.94. The topological polar surface area (TPSA) is 72.8 Å². The minimum Gasteiger partial charge on any atom is -0.469 e. The number of esters is 2. The van der Waals surface area contributed by atoms with E-state index in [1.807, 2.05) is 0 Å². The van der Waals surface area contributed by atoms with Gasteiger partial charge in [-0.3, -0.25) is 9.59 Å². The Kier molecular flexibility index (Phi) is 4.13. The van der Waals surface area contributed by atoms with E-state index in [0.717, 1.165) is 38.5 Å². The maximum atomic E-state index is 12.9. The van der Waals surface area contributed by atoms with Crippen molar-refractivity contribution in [2.24, 2.45) is 28.6 Å². The molecule has 0 amide bonds. The summed E-state index contributed by atoms with van der Waals surface area (Å²) in [6.45, 7) is 4.57. The predicted molar refractivity (Wildman–Crippen MR) is 107 cm³/mol. The fourth-order valence-corrected chi connectivity index (χ4v) is 7.61. The van der Waals surface area contributed by atoms with Gasteiger partial charge < -0.3 is 14.6 Å². The second-order valence-electron chi connectivity index (χ2n) is 10.4. The Labute approximate surface area is 172 Å². The average molecular weight is 401 g/mol. The van der Waals surface area contributed by atoms with Gasteiger partial charge in [0.2, 0.25) is 0 Å². The molecule has 158 valence electrons. The van der Waals surface area contributed by atoms with Crippen molar-refractivity contribution in [2.75, 3.05) is 7.11 Å². The molecule has 1 heterocycles. The molecule has 7 atom stereocenters. The number of hydrogen-bond acceptors (Lipinski definition) is 5. The lowest BCUT2D eigenvalue weighted by Crippen LogP contribution is -2.53. The fourth-order valence-electron chi connectivity index (χ4n) is 7.61. The summed E-state index contributed by atoms with van der Waals surface area (Å²) in [6, 6.07) is 0. The minimum atomic E-state index is -0.384. The highest BCUT2D eigenvalue weighted by Gasteiger charge is 2.66. The second kappa shape index (κ2) is 6.19. The Morgan fingerprint density at radius 3 is 2.72 bits per heavy atom. The molecule has 0 bridgehead atoms. The van der Waals surface area contributed by atoms with Gasteiger partial charge in [-0.1, -0.05) is 37.1 Å². The zero-order valence-electron chi connectivity index (χ0n) is 17.7. The van der Waals surface area contributed by atoms with Gasteiger partial charge in [0.25, 0.3) is 0 Å². The van der Waals surface area contributed by atoms with E-state index < -0.39 is 0 Å². The molecule has 29 heavy (non-hydrogen) atoms. The summed E-state index contributed by atoms with van der Waals surface area (Å²) >= 11 is 0.